The first kappa shape index (κ1) is 21.6. The monoisotopic (exact) mass is 454 g/mol. The van der Waals surface area contributed by atoms with Gasteiger partial charge in [0.25, 0.3) is 0 Å². The Morgan fingerprint density at radius 1 is 1.13 bits per heavy atom. The summed E-state index contributed by atoms with van der Waals surface area (Å²) < 4.78 is 6.38. The molecule has 4 rings (SSSR count). The van der Waals surface area contributed by atoms with Crippen LogP contribution in [-0.2, 0) is 4.79 Å². The third kappa shape index (κ3) is 4.38. The van der Waals surface area contributed by atoms with Gasteiger partial charge in [0.2, 0.25) is 23.2 Å². The Kier molecular flexibility index (Phi) is 6.73. The van der Waals surface area contributed by atoms with Crippen LogP contribution < -0.4 is 9.64 Å². The molecule has 8 heteroatoms. The second-order valence-corrected chi connectivity index (χ2v) is 8.55. The normalized spacial score (nSPS) is 14.9. The first-order valence-corrected chi connectivity index (χ1v) is 11.7. The number of anilines is 1. The Labute approximate surface area is 191 Å². The summed E-state index contributed by atoms with van der Waals surface area (Å²) in [5, 5.41) is 9.81. The predicted octanol–water partition coefficient (Wildman–Crippen LogP) is 5.92. The molecule has 0 saturated carbocycles. The third-order valence-electron chi connectivity index (χ3n) is 4.98. The zero-order valence-corrected chi connectivity index (χ0v) is 19.0. The standard InChI is InChI=1S/C23H23ClN4O2S/c1-3-5-14-31-23-25-21-20(26-27-23)16-11-7-9-13-18(16)28(19(29)4-2)22(30-21)15-10-6-8-12-17(15)24/h6-13,22H,3-5,14H2,1-2H3/t22-/m1/s1. The van der Waals surface area contributed by atoms with Gasteiger partial charge in [-0.25, -0.2) is 0 Å². The van der Waals surface area contributed by atoms with Crippen LogP contribution in [0.15, 0.2) is 53.7 Å². The molecule has 0 fully saturated rings. The highest BCUT2D eigenvalue weighted by molar-refractivity contribution is 7.99. The average Bonchev–Trinajstić information content (AvgIpc) is 2.93. The van der Waals surface area contributed by atoms with Crippen LogP contribution in [0, 0.1) is 0 Å². The summed E-state index contributed by atoms with van der Waals surface area (Å²) >= 11 is 8.07. The lowest BCUT2D eigenvalue weighted by Crippen LogP contribution is -2.37. The maximum Gasteiger partial charge on any atom is 0.247 e. The molecule has 160 valence electrons. The Morgan fingerprint density at radius 2 is 1.90 bits per heavy atom. The number of amides is 1. The van der Waals surface area contributed by atoms with Gasteiger partial charge in [-0.15, -0.1) is 10.2 Å². The van der Waals surface area contributed by atoms with Crippen LogP contribution >= 0.6 is 23.4 Å². The number of halogens is 1. The van der Waals surface area contributed by atoms with Gasteiger partial charge >= 0.3 is 0 Å². The SMILES string of the molecule is CCCCSc1nnc2c(n1)O[C@H](c1ccccc1Cl)N(C(=O)CC)c1ccccc1-2. The number of rotatable bonds is 6. The fraction of sp³-hybridized carbons (Fsp3) is 0.304. The molecule has 0 saturated heterocycles. The number of carbonyl (C=O) groups excluding carboxylic acids is 1. The lowest BCUT2D eigenvalue weighted by molar-refractivity contribution is -0.120. The highest BCUT2D eigenvalue weighted by atomic mass is 35.5. The Hall–Kier alpha value is -2.64. The summed E-state index contributed by atoms with van der Waals surface area (Å²) in [6, 6.07) is 15.0. The molecule has 3 aromatic rings. The molecule has 1 aliphatic heterocycles. The van der Waals surface area contributed by atoms with Crippen molar-refractivity contribution in [3.63, 3.8) is 0 Å². The molecule has 0 radical (unpaired) electrons. The van der Waals surface area contributed by atoms with Gasteiger partial charge < -0.3 is 4.74 Å². The number of nitrogens with zero attached hydrogens (tertiary/aromatic N) is 4. The van der Waals surface area contributed by atoms with Crippen LogP contribution in [0.25, 0.3) is 11.3 Å². The van der Waals surface area contributed by atoms with E-state index in [0.717, 1.165) is 24.2 Å². The fourth-order valence-corrected chi connectivity index (χ4v) is 4.49. The summed E-state index contributed by atoms with van der Waals surface area (Å²) in [6.45, 7) is 3.97. The average molecular weight is 455 g/mol. The number of ether oxygens (including phenoxy) is 1. The summed E-state index contributed by atoms with van der Waals surface area (Å²) in [5.41, 5.74) is 2.64. The smallest absolute Gasteiger partial charge is 0.247 e. The van der Waals surface area contributed by atoms with Crippen LogP contribution in [0.4, 0.5) is 5.69 Å². The summed E-state index contributed by atoms with van der Waals surface area (Å²) in [6.07, 6.45) is 1.70. The zero-order chi connectivity index (χ0) is 21.8. The molecule has 2 heterocycles. The fourth-order valence-electron chi connectivity index (χ4n) is 3.40. The molecule has 2 aromatic carbocycles. The molecular weight excluding hydrogens is 432 g/mol. The van der Waals surface area contributed by atoms with Gasteiger partial charge in [0, 0.05) is 28.3 Å². The van der Waals surface area contributed by atoms with Gasteiger partial charge in [-0.05, 0) is 18.6 Å². The van der Waals surface area contributed by atoms with Gasteiger partial charge in [-0.2, -0.15) is 4.98 Å². The maximum atomic E-state index is 13.1. The minimum absolute atomic E-state index is 0.0873. The maximum absolute atomic E-state index is 13.1. The van der Waals surface area contributed by atoms with E-state index >= 15 is 0 Å². The number of hydrogen-bond donors (Lipinski definition) is 0. The van der Waals surface area contributed by atoms with E-state index in [1.807, 2.05) is 49.4 Å². The van der Waals surface area contributed by atoms with Gasteiger partial charge in [-0.1, -0.05) is 80.0 Å². The van der Waals surface area contributed by atoms with E-state index in [1.54, 1.807) is 22.7 Å². The van der Waals surface area contributed by atoms with Crippen LogP contribution in [-0.4, -0.2) is 26.8 Å². The van der Waals surface area contributed by atoms with Crippen molar-refractivity contribution in [3.05, 3.63) is 59.1 Å². The molecule has 0 N–H and O–H groups in total. The number of hydrogen-bond acceptors (Lipinski definition) is 6. The quantitative estimate of drug-likeness (QED) is 0.340. The number of unbranched alkanes of at least 4 members (excludes halogenated alkanes) is 1. The van der Waals surface area contributed by atoms with Crippen molar-refractivity contribution in [1.29, 1.82) is 0 Å². The number of thioether (sulfide) groups is 1. The molecule has 6 nitrogen and oxygen atoms in total. The van der Waals surface area contributed by atoms with E-state index in [-0.39, 0.29) is 5.91 Å². The molecular formula is C23H23ClN4O2S. The van der Waals surface area contributed by atoms with E-state index in [2.05, 4.69) is 22.1 Å². The second kappa shape index (κ2) is 9.66. The third-order valence-corrected chi connectivity index (χ3v) is 6.25. The van der Waals surface area contributed by atoms with Crippen LogP contribution in [0.3, 0.4) is 0 Å². The molecule has 0 aliphatic carbocycles. The van der Waals surface area contributed by atoms with E-state index < -0.39 is 6.23 Å². The summed E-state index contributed by atoms with van der Waals surface area (Å²) in [5.74, 6) is 1.16. The van der Waals surface area contributed by atoms with E-state index in [4.69, 9.17) is 16.3 Å². The molecule has 1 aliphatic rings. The Balaban J connectivity index is 1.88. The van der Waals surface area contributed by atoms with Crippen molar-refractivity contribution in [1.82, 2.24) is 15.2 Å². The van der Waals surface area contributed by atoms with Crippen molar-refractivity contribution in [3.8, 4) is 17.1 Å². The van der Waals surface area contributed by atoms with Crippen molar-refractivity contribution in [2.24, 2.45) is 0 Å². The molecule has 1 atom stereocenters. The van der Waals surface area contributed by atoms with E-state index in [0.29, 0.717) is 39.4 Å². The van der Waals surface area contributed by atoms with Crippen LogP contribution in [0.1, 0.15) is 44.9 Å². The minimum Gasteiger partial charge on any atom is -0.447 e. The predicted molar refractivity (Wildman–Crippen MR) is 123 cm³/mol. The van der Waals surface area contributed by atoms with Crippen molar-refractivity contribution in [2.75, 3.05) is 10.7 Å². The Bertz CT molecular complexity index is 1090. The molecule has 0 bridgehead atoms. The van der Waals surface area contributed by atoms with Crippen molar-refractivity contribution < 1.29 is 9.53 Å². The lowest BCUT2D eigenvalue weighted by atomic mass is 10.1. The van der Waals surface area contributed by atoms with E-state index in [9.17, 15) is 4.79 Å². The summed E-state index contributed by atoms with van der Waals surface area (Å²) in [4.78, 5) is 19.4. The Morgan fingerprint density at radius 3 is 2.68 bits per heavy atom. The molecule has 0 unspecified atom stereocenters. The molecule has 31 heavy (non-hydrogen) atoms. The number of carbonyl (C=O) groups is 1. The highest BCUT2D eigenvalue weighted by Crippen LogP contribution is 2.44. The number of para-hydroxylation sites is 1. The second-order valence-electron chi connectivity index (χ2n) is 7.08. The molecule has 0 spiro atoms. The van der Waals surface area contributed by atoms with Gasteiger partial charge in [-0.3, -0.25) is 9.69 Å². The topological polar surface area (TPSA) is 68.2 Å². The first-order valence-electron chi connectivity index (χ1n) is 10.3. The molecule has 1 amide bonds. The number of aromatic nitrogens is 3. The van der Waals surface area contributed by atoms with Crippen LogP contribution in [0.5, 0.6) is 5.88 Å². The van der Waals surface area contributed by atoms with Crippen molar-refractivity contribution >= 4 is 35.0 Å². The minimum atomic E-state index is -0.770. The number of benzene rings is 2. The highest BCUT2D eigenvalue weighted by Gasteiger charge is 2.36. The van der Waals surface area contributed by atoms with Crippen molar-refractivity contribution in [2.45, 2.75) is 44.5 Å². The van der Waals surface area contributed by atoms with E-state index in [1.165, 1.54) is 0 Å². The summed E-state index contributed by atoms with van der Waals surface area (Å²) in [7, 11) is 0. The number of fused-ring (bicyclic) bond motifs is 3. The molecule has 1 aromatic heterocycles. The van der Waals surface area contributed by atoms with Gasteiger partial charge in [0.1, 0.15) is 0 Å². The lowest BCUT2D eigenvalue weighted by Gasteiger charge is -2.31. The first-order chi connectivity index (χ1) is 15.1. The zero-order valence-electron chi connectivity index (χ0n) is 17.4. The van der Waals surface area contributed by atoms with Crippen LogP contribution in [0.2, 0.25) is 5.02 Å². The van der Waals surface area contributed by atoms with Gasteiger partial charge in [0.15, 0.2) is 5.69 Å². The largest absolute Gasteiger partial charge is 0.447 e. The van der Waals surface area contributed by atoms with Gasteiger partial charge in [0.05, 0.1) is 5.69 Å².